The number of methoxy groups -OCH3 is 1. The van der Waals surface area contributed by atoms with Gasteiger partial charge >= 0.3 is 0 Å². The first-order chi connectivity index (χ1) is 9.26. The van der Waals surface area contributed by atoms with Crippen LogP contribution in [0.5, 0.6) is 5.75 Å². The Labute approximate surface area is 113 Å². The average molecular weight is 263 g/mol. The van der Waals surface area contributed by atoms with Gasteiger partial charge in [-0.05, 0) is 24.8 Å². The first-order valence-corrected chi connectivity index (χ1v) is 6.75. The highest BCUT2D eigenvalue weighted by molar-refractivity contribution is 5.96. The molecular formula is C14H21N3O2. The van der Waals surface area contributed by atoms with E-state index in [1.807, 2.05) is 0 Å². The molecule has 0 spiro atoms. The van der Waals surface area contributed by atoms with Crippen LogP contribution in [-0.2, 0) is 0 Å². The highest BCUT2D eigenvalue weighted by atomic mass is 16.5. The molecule has 3 N–H and O–H groups in total. The number of nitrogens with two attached hydrogens (primary N) is 1. The number of nitrogens with one attached hydrogen (secondary N) is 1. The van der Waals surface area contributed by atoms with Gasteiger partial charge in [-0.1, -0.05) is 12.8 Å². The molecule has 5 heteroatoms. The summed E-state index contributed by atoms with van der Waals surface area (Å²) in [6.07, 6.45) is 7.89. The Morgan fingerprint density at radius 1 is 1.58 bits per heavy atom. The van der Waals surface area contributed by atoms with Crippen molar-refractivity contribution in [1.29, 1.82) is 0 Å². The maximum absolute atomic E-state index is 12.3. The van der Waals surface area contributed by atoms with Crippen LogP contribution in [0.25, 0.3) is 0 Å². The predicted molar refractivity (Wildman–Crippen MR) is 73.1 cm³/mol. The van der Waals surface area contributed by atoms with Crippen LogP contribution in [0.4, 0.5) is 0 Å². The third-order valence-corrected chi connectivity index (χ3v) is 3.79. The molecule has 1 aromatic heterocycles. The Kier molecular flexibility index (Phi) is 4.74. The van der Waals surface area contributed by atoms with Crippen LogP contribution in [0.1, 0.15) is 36.0 Å². The number of nitrogens with zero attached hydrogens (tertiary/aromatic N) is 1. The van der Waals surface area contributed by atoms with E-state index in [2.05, 4.69) is 10.3 Å². The lowest BCUT2D eigenvalue weighted by molar-refractivity contribution is 0.0921. The van der Waals surface area contributed by atoms with Crippen LogP contribution in [0.15, 0.2) is 18.5 Å². The summed E-state index contributed by atoms with van der Waals surface area (Å²) in [5.74, 6) is 0.852. The van der Waals surface area contributed by atoms with Gasteiger partial charge in [-0.15, -0.1) is 0 Å². The molecule has 0 aliphatic heterocycles. The van der Waals surface area contributed by atoms with E-state index in [1.54, 1.807) is 18.5 Å². The SMILES string of the molecule is COc1cnccc1C(=O)NC(CN)C1CCCC1. The number of hydrogen-bond donors (Lipinski definition) is 2. The molecule has 1 atom stereocenters. The second-order valence-electron chi connectivity index (χ2n) is 4.94. The average Bonchev–Trinajstić information content (AvgIpc) is 2.98. The van der Waals surface area contributed by atoms with E-state index in [0.717, 1.165) is 12.8 Å². The van der Waals surface area contributed by atoms with Gasteiger partial charge in [-0.2, -0.15) is 0 Å². The zero-order chi connectivity index (χ0) is 13.7. The van der Waals surface area contributed by atoms with Crippen molar-refractivity contribution in [3.05, 3.63) is 24.0 Å². The maximum atomic E-state index is 12.3. The second kappa shape index (κ2) is 6.52. The minimum Gasteiger partial charge on any atom is -0.494 e. The van der Waals surface area contributed by atoms with Gasteiger partial charge in [-0.25, -0.2) is 0 Å². The molecule has 104 valence electrons. The van der Waals surface area contributed by atoms with Crippen molar-refractivity contribution >= 4 is 5.91 Å². The lowest BCUT2D eigenvalue weighted by atomic mass is 9.98. The van der Waals surface area contributed by atoms with Crippen LogP contribution >= 0.6 is 0 Å². The van der Waals surface area contributed by atoms with E-state index in [-0.39, 0.29) is 11.9 Å². The van der Waals surface area contributed by atoms with E-state index in [9.17, 15) is 4.79 Å². The van der Waals surface area contributed by atoms with Gasteiger partial charge in [0.1, 0.15) is 5.75 Å². The molecule has 1 aromatic rings. The van der Waals surface area contributed by atoms with Crippen molar-refractivity contribution in [3.8, 4) is 5.75 Å². The Bertz CT molecular complexity index is 430. The Morgan fingerprint density at radius 3 is 2.95 bits per heavy atom. The van der Waals surface area contributed by atoms with Gasteiger partial charge in [0.15, 0.2) is 0 Å². The number of amides is 1. The van der Waals surface area contributed by atoms with Gasteiger partial charge < -0.3 is 15.8 Å². The van der Waals surface area contributed by atoms with E-state index >= 15 is 0 Å². The first-order valence-electron chi connectivity index (χ1n) is 6.75. The fourth-order valence-corrected chi connectivity index (χ4v) is 2.71. The van der Waals surface area contributed by atoms with Crippen LogP contribution in [-0.4, -0.2) is 30.6 Å². The number of aromatic nitrogens is 1. The smallest absolute Gasteiger partial charge is 0.255 e. The number of rotatable bonds is 5. The number of pyridine rings is 1. The topological polar surface area (TPSA) is 77.2 Å². The van der Waals surface area contributed by atoms with Crippen LogP contribution in [0, 0.1) is 5.92 Å². The number of ether oxygens (including phenoxy) is 1. The normalized spacial score (nSPS) is 17.2. The molecule has 1 amide bonds. The third-order valence-electron chi connectivity index (χ3n) is 3.79. The van der Waals surface area contributed by atoms with Crippen LogP contribution < -0.4 is 15.8 Å². The molecule has 1 saturated carbocycles. The highest BCUT2D eigenvalue weighted by Crippen LogP contribution is 2.27. The van der Waals surface area contributed by atoms with Gasteiger partial charge in [-0.3, -0.25) is 9.78 Å². The summed E-state index contributed by atoms with van der Waals surface area (Å²) in [5.41, 5.74) is 6.30. The number of carbonyl (C=O) groups excluding carboxylic acids is 1. The molecular weight excluding hydrogens is 242 g/mol. The standard InChI is InChI=1S/C14H21N3O2/c1-19-13-9-16-7-6-11(13)14(18)17-12(8-15)10-4-2-3-5-10/h6-7,9-10,12H,2-5,8,15H2,1H3,(H,17,18). The molecule has 0 saturated heterocycles. The third kappa shape index (κ3) is 3.23. The largest absolute Gasteiger partial charge is 0.494 e. The second-order valence-corrected chi connectivity index (χ2v) is 4.94. The van der Waals surface area contributed by atoms with E-state index in [1.165, 1.54) is 20.0 Å². The first kappa shape index (κ1) is 13.8. The maximum Gasteiger partial charge on any atom is 0.255 e. The van der Waals surface area contributed by atoms with Crippen molar-refractivity contribution in [3.63, 3.8) is 0 Å². The number of hydrogen-bond acceptors (Lipinski definition) is 4. The van der Waals surface area contributed by atoms with E-state index in [0.29, 0.717) is 23.8 Å². The summed E-state index contributed by atoms with van der Waals surface area (Å²) < 4.78 is 5.15. The highest BCUT2D eigenvalue weighted by Gasteiger charge is 2.26. The lowest BCUT2D eigenvalue weighted by Gasteiger charge is -2.23. The zero-order valence-corrected chi connectivity index (χ0v) is 11.3. The lowest BCUT2D eigenvalue weighted by Crippen LogP contribution is -2.44. The minimum absolute atomic E-state index is 0.0490. The minimum atomic E-state index is -0.137. The van der Waals surface area contributed by atoms with Crippen molar-refractivity contribution in [2.45, 2.75) is 31.7 Å². The summed E-state index contributed by atoms with van der Waals surface area (Å²) >= 11 is 0. The fraction of sp³-hybridized carbons (Fsp3) is 0.571. The van der Waals surface area contributed by atoms with E-state index < -0.39 is 0 Å². The molecule has 0 radical (unpaired) electrons. The molecule has 1 unspecified atom stereocenters. The summed E-state index contributed by atoms with van der Waals surface area (Å²) in [7, 11) is 1.53. The predicted octanol–water partition coefficient (Wildman–Crippen LogP) is 1.34. The Balaban J connectivity index is 2.06. The van der Waals surface area contributed by atoms with Gasteiger partial charge in [0.2, 0.25) is 0 Å². The summed E-state index contributed by atoms with van der Waals surface area (Å²) in [4.78, 5) is 16.2. The molecule has 0 bridgehead atoms. The molecule has 1 aliphatic rings. The van der Waals surface area contributed by atoms with Gasteiger partial charge in [0.05, 0.1) is 18.9 Å². The molecule has 1 aliphatic carbocycles. The van der Waals surface area contributed by atoms with Crippen LogP contribution in [0.3, 0.4) is 0 Å². The molecule has 1 heterocycles. The Hall–Kier alpha value is -1.62. The zero-order valence-electron chi connectivity index (χ0n) is 11.3. The van der Waals surface area contributed by atoms with Crippen molar-refractivity contribution in [1.82, 2.24) is 10.3 Å². The fourth-order valence-electron chi connectivity index (χ4n) is 2.71. The monoisotopic (exact) mass is 263 g/mol. The molecule has 19 heavy (non-hydrogen) atoms. The number of carbonyl (C=O) groups is 1. The summed E-state index contributed by atoms with van der Waals surface area (Å²) in [6, 6.07) is 1.71. The quantitative estimate of drug-likeness (QED) is 0.840. The molecule has 5 nitrogen and oxygen atoms in total. The van der Waals surface area contributed by atoms with Gasteiger partial charge in [0, 0.05) is 18.8 Å². The van der Waals surface area contributed by atoms with Crippen molar-refractivity contribution in [2.24, 2.45) is 11.7 Å². The summed E-state index contributed by atoms with van der Waals surface area (Å²) in [6.45, 7) is 0.476. The molecule has 0 aromatic carbocycles. The Morgan fingerprint density at radius 2 is 2.32 bits per heavy atom. The van der Waals surface area contributed by atoms with E-state index in [4.69, 9.17) is 10.5 Å². The van der Waals surface area contributed by atoms with Crippen LogP contribution in [0.2, 0.25) is 0 Å². The molecule has 2 rings (SSSR count). The van der Waals surface area contributed by atoms with Crippen molar-refractivity contribution in [2.75, 3.05) is 13.7 Å². The van der Waals surface area contributed by atoms with Crippen molar-refractivity contribution < 1.29 is 9.53 Å². The summed E-state index contributed by atoms with van der Waals surface area (Å²) in [5, 5.41) is 3.03. The molecule has 1 fully saturated rings. The van der Waals surface area contributed by atoms with Gasteiger partial charge in [0.25, 0.3) is 5.91 Å².